The van der Waals surface area contributed by atoms with Crippen molar-refractivity contribution in [3.8, 4) is 5.75 Å². The molecule has 0 bridgehead atoms. The first kappa shape index (κ1) is 24.1. The van der Waals surface area contributed by atoms with E-state index >= 15 is 0 Å². The van der Waals surface area contributed by atoms with E-state index in [-0.39, 0.29) is 29.1 Å². The molecule has 2 N–H and O–H groups in total. The first-order valence-electron chi connectivity index (χ1n) is 10.7. The fourth-order valence-corrected chi connectivity index (χ4v) is 4.27. The number of benzene rings is 2. The molecule has 0 spiro atoms. The number of halogens is 5. The number of anilines is 1. The average molecular weight is 524 g/mol. The molecule has 1 unspecified atom stereocenters. The van der Waals surface area contributed by atoms with Crippen molar-refractivity contribution in [3.05, 3.63) is 59.5 Å². The molecule has 3 aromatic rings. The molecule has 188 valence electrons. The molecule has 0 aliphatic carbocycles. The third kappa shape index (κ3) is 4.61. The Labute approximate surface area is 206 Å². The number of imidazole rings is 1. The zero-order valence-electron chi connectivity index (χ0n) is 18.5. The maximum absolute atomic E-state index is 13.9. The van der Waals surface area contributed by atoms with Gasteiger partial charge in [-0.05, 0) is 43.3 Å². The minimum Gasteiger partial charge on any atom is -0.420 e. The lowest BCUT2D eigenvalue weighted by Crippen LogP contribution is -2.28. The summed E-state index contributed by atoms with van der Waals surface area (Å²) in [5.74, 6) is -1.20. The monoisotopic (exact) mass is 523 g/mol. The molecule has 36 heavy (non-hydrogen) atoms. The summed E-state index contributed by atoms with van der Waals surface area (Å²) in [5.41, 5.74) is -1.78. The lowest BCUT2D eigenvalue weighted by molar-refractivity contribution is -0.0964. The van der Waals surface area contributed by atoms with Gasteiger partial charge in [0.15, 0.2) is 12.1 Å². The second-order valence-electron chi connectivity index (χ2n) is 8.14. The smallest absolute Gasteiger partial charge is 0.420 e. The summed E-state index contributed by atoms with van der Waals surface area (Å²) in [6, 6.07) is 7.64. The molecule has 0 saturated heterocycles. The molecule has 8 nitrogen and oxygen atoms in total. The first-order chi connectivity index (χ1) is 17.1. The Hall–Kier alpha value is -3.64. The fourth-order valence-electron chi connectivity index (χ4n) is 4.18. The number of rotatable bonds is 5. The molecule has 5 rings (SSSR count). The Morgan fingerprint density at radius 1 is 1.31 bits per heavy atom. The Morgan fingerprint density at radius 2 is 2.06 bits per heavy atom. The summed E-state index contributed by atoms with van der Waals surface area (Å²) >= 11 is 4.76. The Morgan fingerprint density at radius 3 is 2.75 bits per heavy atom. The van der Waals surface area contributed by atoms with E-state index in [4.69, 9.17) is 16.3 Å². The molecule has 2 aromatic carbocycles. The quantitative estimate of drug-likeness (QED) is 0.351. The normalized spacial score (nSPS) is 19.2. The second-order valence-corrected chi connectivity index (χ2v) is 8.58. The number of fused-ring (bicyclic) bond motifs is 2. The number of ether oxygens (including phenoxy) is 2. The van der Waals surface area contributed by atoms with Crippen LogP contribution in [0.1, 0.15) is 41.1 Å². The molecule has 2 aliphatic heterocycles. The van der Waals surface area contributed by atoms with Gasteiger partial charge in [0, 0.05) is 40.2 Å². The van der Waals surface area contributed by atoms with Crippen LogP contribution in [0, 0.1) is 0 Å². The molecule has 1 aromatic heterocycles. The zero-order chi connectivity index (χ0) is 25.6. The van der Waals surface area contributed by atoms with Gasteiger partial charge in [-0.1, -0.05) is 0 Å². The van der Waals surface area contributed by atoms with Gasteiger partial charge in [0.1, 0.15) is 5.75 Å². The van der Waals surface area contributed by atoms with Gasteiger partial charge < -0.3 is 24.7 Å². The highest BCUT2D eigenvalue weighted by atomic mass is 35.5. The number of hydrogen-bond donors (Lipinski definition) is 2. The summed E-state index contributed by atoms with van der Waals surface area (Å²) < 4.78 is 65.0. The Balaban J connectivity index is 1.56. The third-order valence-electron chi connectivity index (χ3n) is 5.65. The van der Waals surface area contributed by atoms with Crippen molar-refractivity contribution in [2.45, 2.75) is 31.2 Å². The van der Waals surface area contributed by atoms with Gasteiger partial charge in [0.2, 0.25) is 0 Å². The van der Waals surface area contributed by atoms with Crippen LogP contribution in [0.4, 0.5) is 23.2 Å². The number of aliphatic imine (C=N–C) groups is 1. The molecule has 2 atom stereocenters. The number of carbonyl (C=O) groups is 1. The molecule has 0 fully saturated rings. The highest BCUT2D eigenvalue weighted by Crippen LogP contribution is 2.38. The number of carbonyl (C=O) groups excluding carboxylic acids is 1. The van der Waals surface area contributed by atoms with E-state index in [2.05, 4.69) is 25.3 Å². The highest BCUT2D eigenvalue weighted by Gasteiger charge is 2.32. The zero-order valence-corrected chi connectivity index (χ0v) is 19.3. The van der Waals surface area contributed by atoms with Crippen molar-refractivity contribution in [1.29, 1.82) is 0 Å². The lowest BCUT2D eigenvalue weighted by Gasteiger charge is -2.28. The molecule has 1 amide bonds. The number of nitrogens with zero attached hydrogens (tertiary/aromatic N) is 3. The highest BCUT2D eigenvalue weighted by molar-refractivity contribution is 6.20. The second kappa shape index (κ2) is 9.10. The number of nitrogens with one attached hydrogen (secondary N) is 2. The minimum atomic E-state index is -3.87. The van der Waals surface area contributed by atoms with Gasteiger partial charge in [0.05, 0.1) is 30.0 Å². The van der Waals surface area contributed by atoms with Gasteiger partial charge in [-0.15, -0.1) is 8.78 Å². The van der Waals surface area contributed by atoms with E-state index in [1.54, 1.807) is 19.2 Å². The Bertz CT molecular complexity index is 1390. The molecular weight excluding hydrogens is 506 g/mol. The van der Waals surface area contributed by atoms with Crippen LogP contribution in [0.15, 0.2) is 47.6 Å². The van der Waals surface area contributed by atoms with E-state index in [9.17, 15) is 22.4 Å². The first-order valence-corrected chi connectivity index (χ1v) is 11.1. The number of hydrogen-bond acceptors (Lipinski definition) is 6. The van der Waals surface area contributed by atoms with Crippen LogP contribution in [0.2, 0.25) is 0 Å². The summed E-state index contributed by atoms with van der Waals surface area (Å²) in [4.78, 5) is 21.5. The number of alkyl halides is 5. The molecular formula is C23H18ClF4N5O3. The van der Waals surface area contributed by atoms with E-state index in [0.29, 0.717) is 16.7 Å². The van der Waals surface area contributed by atoms with Gasteiger partial charge in [0.25, 0.3) is 12.3 Å². The van der Waals surface area contributed by atoms with Crippen molar-refractivity contribution >= 4 is 46.1 Å². The van der Waals surface area contributed by atoms with E-state index in [1.807, 2.05) is 0 Å². The summed E-state index contributed by atoms with van der Waals surface area (Å²) in [6.45, 7) is 1.87. The fraction of sp³-hybridized carbons (Fsp3) is 0.261. The van der Waals surface area contributed by atoms with Crippen molar-refractivity contribution in [3.63, 3.8) is 0 Å². The third-order valence-corrected chi connectivity index (χ3v) is 5.73. The Kier molecular flexibility index (Phi) is 6.08. The van der Waals surface area contributed by atoms with Crippen molar-refractivity contribution in [2.24, 2.45) is 4.99 Å². The largest absolute Gasteiger partial charge is 0.487 e. The van der Waals surface area contributed by atoms with Crippen LogP contribution in [0.3, 0.4) is 0 Å². The molecule has 0 saturated carbocycles. The molecule has 13 heteroatoms. The van der Waals surface area contributed by atoms with E-state index in [0.717, 1.165) is 0 Å². The van der Waals surface area contributed by atoms with Gasteiger partial charge >= 0.3 is 5.57 Å². The number of aromatic nitrogens is 2. The summed E-state index contributed by atoms with van der Waals surface area (Å²) in [6.07, 6.45) is -0.447. The maximum atomic E-state index is 13.9. The van der Waals surface area contributed by atoms with Crippen LogP contribution < -0.4 is 15.4 Å². The van der Waals surface area contributed by atoms with E-state index < -0.39 is 36.0 Å². The standard InChI is InChI=1S/C23H18ClF4N5O3/c1-11-9-35-22-16(8-29-10-30-22)15-6-12(7-17-18(15)33(11)20(32-17)19(25)26)21(34)31-13-2-4-14(5-3-13)36-23(24,27)28/h2-8,10-11,19,22H,9H2,1H3,(H,29,30)(H,31,34)/t11-,22?/m1/s1. The maximum Gasteiger partial charge on any atom is 0.487 e. The van der Waals surface area contributed by atoms with Gasteiger partial charge in [-0.25, -0.2) is 18.8 Å². The number of amides is 1. The molecule has 2 aliphatic rings. The van der Waals surface area contributed by atoms with Crippen molar-refractivity contribution < 1.29 is 31.8 Å². The predicted molar refractivity (Wildman–Crippen MR) is 125 cm³/mol. The van der Waals surface area contributed by atoms with Crippen LogP contribution >= 0.6 is 11.6 Å². The minimum absolute atomic E-state index is 0.127. The van der Waals surface area contributed by atoms with Crippen LogP contribution in [0.5, 0.6) is 5.75 Å². The lowest BCUT2D eigenvalue weighted by atomic mass is 9.98. The summed E-state index contributed by atoms with van der Waals surface area (Å²) in [7, 11) is 0. The van der Waals surface area contributed by atoms with Crippen LogP contribution in [-0.4, -0.2) is 40.2 Å². The van der Waals surface area contributed by atoms with Crippen LogP contribution in [0.25, 0.3) is 16.6 Å². The SMILES string of the molecule is C[C@@H]1COC2N=CNC=C2c2cc(C(=O)Nc3ccc(OC(F)(F)Cl)cc3)cc3nc(C(F)F)n1c23. The van der Waals surface area contributed by atoms with Gasteiger partial charge in [-0.3, -0.25) is 4.79 Å². The molecule has 0 radical (unpaired) electrons. The van der Waals surface area contributed by atoms with Crippen LogP contribution in [-0.2, 0) is 4.74 Å². The van der Waals surface area contributed by atoms with Crippen molar-refractivity contribution in [2.75, 3.05) is 11.9 Å². The summed E-state index contributed by atoms with van der Waals surface area (Å²) in [5, 5.41) is 5.51. The van der Waals surface area contributed by atoms with E-state index in [1.165, 1.54) is 41.2 Å². The van der Waals surface area contributed by atoms with Crippen molar-refractivity contribution in [1.82, 2.24) is 14.9 Å². The van der Waals surface area contributed by atoms with Gasteiger partial charge in [-0.2, -0.15) is 0 Å². The predicted octanol–water partition coefficient (Wildman–Crippen LogP) is 5.28. The average Bonchev–Trinajstić information content (AvgIpc) is 3.22. The molecule has 3 heterocycles. The topological polar surface area (TPSA) is 89.8 Å².